The van der Waals surface area contributed by atoms with Crippen molar-refractivity contribution in [3.8, 4) is 6.07 Å². The van der Waals surface area contributed by atoms with Crippen molar-refractivity contribution in [3.63, 3.8) is 0 Å². The summed E-state index contributed by atoms with van der Waals surface area (Å²) in [6.07, 6.45) is -1.05. The molecule has 40 heavy (non-hydrogen) atoms. The second-order valence-electron chi connectivity index (χ2n) is 9.88. The largest absolute Gasteiger partial charge is 0.420 e. The van der Waals surface area contributed by atoms with Gasteiger partial charge in [-0.2, -0.15) is 23.5 Å². The summed E-state index contributed by atoms with van der Waals surface area (Å²) >= 11 is 0. The average molecular weight is 550 g/mol. The molecular formula is C29H30F3N7O. The topological polar surface area (TPSA) is 80.0 Å². The predicted molar refractivity (Wildman–Crippen MR) is 146 cm³/mol. The molecule has 0 saturated carbocycles. The number of aromatic nitrogens is 1. The van der Waals surface area contributed by atoms with E-state index in [2.05, 4.69) is 44.5 Å². The Bertz CT molecular complexity index is 1380. The maximum atomic E-state index is 13.7. The van der Waals surface area contributed by atoms with E-state index in [1.54, 1.807) is 17.2 Å². The summed E-state index contributed by atoms with van der Waals surface area (Å²) in [5, 5.41) is 12.8. The van der Waals surface area contributed by atoms with E-state index >= 15 is 0 Å². The molecule has 8 nitrogen and oxygen atoms in total. The average Bonchev–Trinajstić information content (AvgIpc) is 3.40. The number of hydrogen-bond donors (Lipinski definition) is 1. The molecule has 0 bridgehead atoms. The molecule has 208 valence electrons. The van der Waals surface area contributed by atoms with Crippen LogP contribution < -0.4 is 10.3 Å². The van der Waals surface area contributed by atoms with Gasteiger partial charge in [-0.15, -0.1) is 0 Å². The van der Waals surface area contributed by atoms with Crippen LogP contribution in [-0.2, 0) is 24.4 Å². The number of piperazine rings is 1. The third kappa shape index (κ3) is 5.82. The van der Waals surface area contributed by atoms with Crippen molar-refractivity contribution in [3.05, 3.63) is 94.6 Å². The SMILES string of the molecule is C=C1NN=CC(N2Cc3cccc(COCCC(=C)N4CCN(c5ccc(C#N)cn5)CC4)c3C2)=C1C(F)(F)F. The first kappa shape index (κ1) is 27.3. The van der Waals surface area contributed by atoms with Crippen LogP contribution in [0.2, 0.25) is 0 Å². The molecule has 0 spiro atoms. The van der Waals surface area contributed by atoms with Gasteiger partial charge in [0.25, 0.3) is 0 Å². The Labute approximate surface area is 231 Å². The quantitative estimate of drug-likeness (QED) is 0.488. The van der Waals surface area contributed by atoms with Crippen LogP contribution in [0.5, 0.6) is 0 Å². The normalized spacial score (nSPS) is 17.1. The smallest absolute Gasteiger partial charge is 0.376 e. The number of alkyl halides is 3. The van der Waals surface area contributed by atoms with Gasteiger partial charge in [0.15, 0.2) is 0 Å². The Balaban J connectivity index is 1.12. The second-order valence-corrected chi connectivity index (χ2v) is 9.88. The van der Waals surface area contributed by atoms with E-state index < -0.39 is 11.7 Å². The zero-order valence-electron chi connectivity index (χ0n) is 22.0. The van der Waals surface area contributed by atoms with E-state index in [1.807, 2.05) is 24.3 Å². The Morgan fingerprint density at radius 1 is 1.10 bits per heavy atom. The molecule has 0 unspecified atom stereocenters. The third-order valence-corrected chi connectivity index (χ3v) is 7.37. The number of halogens is 3. The molecule has 0 amide bonds. The number of fused-ring (bicyclic) bond motifs is 1. The standard InChI is InChI=1S/C29H30F3N7O/c1-20(37-9-11-38(12-10-37)27-7-6-22(14-33)15-34-27)8-13-40-19-24-5-3-4-23-17-39(18-25(23)24)26-16-35-36-21(2)28(26)29(30,31)32/h3-7,15-16,36H,1-2,8-13,17-19H2. The minimum atomic E-state index is -4.54. The second kappa shape index (κ2) is 11.4. The highest BCUT2D eigenvalue weighted by atomic mass is 19.4. The summed E-state index contributed by atoms with van der Waals surface area (Å²) in [6.45, 7) is 12.6. The third-order valence-electron chi connectivity index (χ3n) is 7.37. The number of hydrazone groups is 1. The van der Waals surface area contributed by atoms with Crippen molar-refractivity contribution in [2.75, 3.05) is 37.7 Å². The van der Waals surface area contributed by atoms with Gasteiger partial charge in [-0.3, -0.25) is 5.43 Å². The lowest BCUT2D eigenvalue weighted by Gasteiger charge is -2.37. The minimum Gasteiger partial charge on any atom is -0.376 e. The number of nitrogens with zero attached hydrogens (tertiary/aromatic N) is 6. The Kier molecular flexibility index (Phi) is 7.80. The number of allylic oxidation sites excluding steroid dienone is 2. The number of benzene rings is 1. The lowest BCUT2D eigenvalue weighted by atomic mass is 10.0. The fourth-order valence-corrected chi connectivity index (χ4v) is 5.22. The molecule has 2 aromatic rings. The number of rotatable bonds is 8. The molecule has 1 saturated heterocycles. The monoisotopic (exact) mass is 549 g/mol. The summed E-state index contributed by atoms with van der Waals surface area (Å²) < 4.78 is 47.2. The number of ether oxygens (including phenoxy) is 1. The first-order valence-corrected chi connectivity index (χ1v) is 13.0. The van der Waals surface area contributed by atoms with Crippen LogP contribution in [-0.4, -0.2) is 60.0 Å². The van der Waals surface area contributed by atoms with Gasteiger partial charge in [-0.25, -0.2) is 4.98 Å². The van der Waals surface area contributed by atoms with Gasteiger partial charge in [0, 0.05) is 57.6 Å². The molecule has 1 fully saturated rings. The first-order chi connectivity index (χ1) is 19.2. The van der Waals surface area contributed by atoms with Gasteiger partial charge in [-0.05, 0) is 28.8 Å². The van der Waals surface area contributed by atoms with E-state index in [9.17, 15) is 13.2 Å². The van der Waals surface area contributed by atoms with Crippen molar-refractivity contribution in [1.29, 1.82) is 5.26 Å². The number of hydrogen-bond acceptors (Lipinski definition) is 8. The molecule has 0 atom stereocenters. The van der Waals surface area contributed by atoms with Crippen LogP contribution in [0.3, 0.4) is 0 Å². The lowest BCUT2D eigenvalue weighted by molar-refractivity contribution is -0.0916. The van der Waals surface area contributed by atoms with Crippen molar-refractivity contribution in [2.45, 2.75) is 32.3 Å². The molecule has 5 rings (SSSR count). The molecule has 1 aromatic heterocycles. The summed E-state index contributed by atoms with van der Waals surface area (Å²) in [6, 6.07) is 11.6. The number of anilines is 1. The molecule has 0 aliphatic carbocycles. The Morgan fingerprint density at radius 2 is 1.90 bits per heavy atom. The van der Waals surface area contributed by atoms with Crippen molar-refractivity contribution in [1.82, 2.24) is 20.2 Å². The van der Waals surface area contributed by atoms with E-state index in [1.165, 1.54) is 6.21 Å². The van der Waals surface area contributed by atoms with Crippen LogP contribution in [0, 0.1) is 11.3 Å². The van der Waals surface area contributed by atoms with Gasteiger partial charge in [-0.1, -0.05) is 31.4 Å². The predicted octanol–water partition coefficient (Wildman–Crippen LogP) is 4.43. The summed E-state index contributed by atoms with van der Waals surface area (Å²) in [5.74, 6) is 0.866. The molecule has 3 aliphatic heterocycles. The maximum Gasteiger partial charge on any atom is 0.420 e. The van der Waals surface area contributed by atoms with Crippen LogP contribution in [0.25, 0.3) is 0 Å². The molecular weight excluding hydrogens is 519 g/mol. The fourth-order valence-electron chi connectivity index (χ4n) is 5.22. The number of pyridine rings is 1. The Morgan fingerprint density at radius 3 is 2.60 bits per heavy atom. The van der Waals surface area contributed by atoms with Gasteiger partial charge < -0.3 is 19.4 Å². The summed E-state index contributed by atoms with van der Waals surface area (Å²) in [4.78, 5) is 10.5. The highest BCUT2D eigenvalue weighted by molar-refractivity contribution is 5.82. The molecule has 3 aliphatic rings. The summed E-state index contributed by atoms with van der Waals surface area (Å²) in [7, 11) is 0. The molecule has 1 aromatic carbocycles. The summed E-state index contributed by atoms with van der Waals surface area (Å²) in [5.41, 5.74) is 5.79. The van der Waals surface area contributed by atoms with Crippen LogP contribution in [0.1, 0.15) is 28.7 Å². The van der Waals surface area contributed by atoms with E-state index in [0.29, 0.717) is 38.3 Å². The lowest BCUT2D eigenvalue weighted by Crippen LogP contribution is -2.46. The Hall–Kier alpha value is -4.30. The van der Waals surface area contributed by atoms with E-state index in [0.717, 1.165) is 54.4 Å². The van der Waals surface area contributed by atoms with E-state index in [4.69, 9.17) is 10.00 Å². The minimum absolute atomic E-state index is 0.0191. The zero-order valence-corrected chi connectivity index (χ0v) is 22.0. The maximum absolute atomic E-state index is 13.7. The number of nitriles is 1. The van der Waals surface area contributed by atoms with Crippen molar-refractivity contribution >= 4 is 12.0 Å². The van der Waals surface area contributed by atoms with E-state index in [-0.39, 0.29) is 11.4 Å². The molecule has 0 radical (unpaired) electrons. The van der Waals surface area contributed by atoms with Gasteiger partial charge in [0.2, 0.25) is 0 Å². The van der Waals surface area contributed by atoms with Gasteiger partial charge >= 0.3 is 6.18 Å². The van der Waals surface area contributed by atoms with Gasteiger partial charge in [0.05, 0.1) is 36.4 Å². The highest BCUT2D eigenvalue weighted by Crippen LogP contribution is 2.37. The fraction of sp³-hybridized carbons (Fsp3) is 0.345. The zero-order chi connectivity index (χ0) is 28.3. The van der Waals surface area contributed by atoms with Gasteiger partial charge in [0.1, 0.15) is 17.5 Å². The van der Waals surface area contributed by atoms with Crippen LogP contribution >= 0.6 is 0 Å². The first-order valence-electron chi connectivity index (χ1n) is 13.0. The van der Waals surface area contributed by atoms with Crippen molar-refractivity contribution in [2.24, 2.45) is 5.10 Å². The number of nitrogens with one attached hydrogen (secondary N) is 1. The highest BCUT2D eigenvalue weighted by Gasteiger charge is 2.41. The van der Waals surface area contributed by atoms with Crippen molar-refractivity contribution < 1.29 is 17.9 Å². The van der Waals surface area contributed by atoms with Crippen LogP contribution in [0.4, 0.5) is 19.0 Å². The van der Waals surface area contributed by atoms with Crippen LogP contribution in [0.15, 0.2) is 77.5 Å². The molecule has 1 N–H and O–H groups in total. The molecule has 4 heterocycles. The molecule has 11 heteroatoms.